The Kier molecular flexibility index (Phi) is 3.83. The molecule has 1 fully saturated rings. The average molecular weight is 292 g/mol. The van der Waals surface area contributed by atoms with Crippen LogP contribution in [0.2, 0.25) is 5.02 Å². The predicted octanol–water partition coefficient (Wildman–Crippen LogP) is 3.81. The van der Waals surface area contributed by atoms with Gasteiger partial charge in [-0.15, -0.1) is 0 Å². The summed E-state index contributed by atoms with van der Waals surface area (Å²) in [7, 11) is 0. The van der Waals surface area contributed by atoms with Crippen LogP contribution in [-0.2, 0) is 6.61 Å². The molecule has 106 valence electrons. The lowest BCUT2D eigenvalue weighted by molar-refractivity contribution is 0.299. The van der Waals surface area contributed by atoms with Crippen LogP contribution < -0.4 is 10.5 Å². The fourth-order valence-electron chi connectivity index (χ4n) is 2.61. The van der Waals surface area contributed by atoms with Gasteiger partial charge in [-0.05, 0) is 31.0 Å². The van der Waals surface area contributed by atoms with E-state index in [1.165, 1.54) is 25.7 Å². The summed E-state index contributed by atoms with van der Waals surface area (Å²) in [6.07, 6.45) is 7.09. The highest BCUT2D eigenvalue weighted by atomic mass is 35.5. The number of nitrogens with two attached hydrogens (primary N) is 1. The first-order valence-corrected chi connectivity index (χ1v) is 7.32. The van der Waals surface area contributed by atoms with Gasteiger partial charge in [0.25, 0.3) is 0 Å². The Balaban J connectivity index is 1.64. The Morgan fingerprint density at radius 2 is 2.10 bits per heavy atom. The minimum atomic E-state index is 0.407. The minimum absolute atomic E-state index is 0.407. The predicted molar refractivity (Wildman–Crippen MR) is 79.9 cm³/mol. The summed E-state index contributed by atoms with van der Waals surface area (Å²) in [6, 6.07) is 7.78. The second-order valence-corrected chi connectivity index (χ2v) is 5.63. The molecule has 2 N–H and O–H groups in total. The zero-order chi connectivity index (χ0) is 13.9. The molecule has 1 saturated carbocycles. The van der Waals surface area contributed by atoms with Crippen LogP contribution in [0.25, 0.3) is 0 Å². The first kappa shape index (κ1) is 13.3. The van der Waals surface area contributed by atoms with Crippen molar-refractivity contribution in [2.24, 2.45) is 0 Å². The van der Waals surface area contributed by atoms with Gasteiger partial charge >= 0.3 is 0 Å². The van der Waals surface area contributed by atoms with E-state index in [9.17, 15) is 0 Å². The molecule has 3 rings (SSSR count). The van der Waals surface area contributed by atoms with Crippen LogP contribution in [0, 0.1) is 0 Å². The van der Waals surface area contributed by atoms with Crippen LogP contribution in [0.15, 0.2) is 30.5 Å². The van der Waals surface area contributed by atoms with E-state index in [-0.39, 0.29) is 0 Å². The van der Waals surface area contributed by atoms with E-state index in [1.54, 1.807) is 18.2 Å². The van der Waals surface area contributed by atoms with Crippen molar-refractivity contribution in [1.29, 1.82) is 0 Å². The molecular weight excluding hydrogens is 274 g/mol. The number of ether oxygens (including phenoxy) is 1. The molecule has 0 radical (unpaired) electrons. The summed E-state index contributed by atoms with van der Waals surface area (Å²) >= 11 is 5.93. The molecule has 0 saturated heterocycles. The molecule has 20 heavy (non-hydrogen) atoms. The van der Waals surface area contributed by atoms with E-state index >= 15 is 0 Å². The van der Waals surface area contributed by atoms with Gasteiger partial charge in [-0.1, -0.05) is 24.4 Å². The molecule has 4 nitrogen and oxygen atoms in total. The number of rotatable bonds is 4. The van der Waals surface area contributed by atoms with Gasteiger partial charge < -0.3 is 10.5 Å². The standard InChI is InChI=1S/C15H18ClN3O/c16-11-5-6-14(17)15(9-11)20-10-12-7-8-19(18-12)13-3-1-2-4-13/h5-9,13H,1-4,10,17H2. The number of hydrogen-bond donors (Lipinski definition) is 1. The molecule has 0 aliphatic heterocycles. The summed E-state index contributed by atoms with van der Waals surface area (Å²) in [4.78, 5) is 0. The van der Waals surface area contributed by atoms with Crippen molar-refractivity contribution in [3.8, 4) is 5.75 Å². The van der Waals surface area contributed by atoms with Crippen molar-refractivity contribution in [1.82, 2.24) is 9.78 Å². The van der Waals surface area contributed by atoms with E-state index in [0.29, 0.717) is 29.1 Å². The maximum atomic E-state index is 5.93. The zero-order valence-corrected chi connectivity index (χ0v) is 12.0. The Labute approximate surface area is 123 Å². The molecule has 1 aliphatic carbocycles. The van der Waals surface area contributed by atoms with Gasteiger partial charge in [0.05, 0.1) is 17.4 Å². The second-order valence-electron chi connectivity index (χ2n) is 5.20. The summed E-state index contributed by atoms with van der Waals surface area (Å²) < 4.78 is 7.76. The Bertz CT molecular complexity index is 591. The molecule has 1 aromatic heterocycles. The Morgan fingerprint density at radius 1 is 1.30 bits per heavy atom. The Morgan fingerprint density at radius 3 is 2.90 bits per heavy atom. The molecule has 5 heteroatoms. The van der Waals surface area contributed by atoms with Gasteiger partial charge in [-0.2, -0.15) is 5.10 Å². The molecular formula is C15H18ClN3O. The molecule has 1 aromatic carbocycles. The molecule has 1 heterocycles. The van der Waals surface area contributed by atoms with E-state index in [4.69, 9.17) is 22.1 Å². The van der Waals surface area contributed by atoms with Gasteiger partial charge in [-0.3, -0.25) is 4.68 Å². The van der Waals surface area contributed by atoms with Crippen LogP contribution in [0.4, 0.5) is 5.69 Å². The third kappa shape index (κ3) is 2.90. The quantitative estimate of drug-likeness (QED) is 0.872. The van der Waals surface area contributed by atoms with Crippen molar-refractivity contribution in [3.63, 3.8) is 0 Å². The average Bonchev–Trinajstić information content (AvgIpc) is 3.09. The molecule has 0 spiro atoms. The highest BCUT2D eigenvalue weighted by Gasteiger charge is 2.17. The van der Waals surface area contributed by atoms with Crippen molar-refractivity contribution >= 4 is 17.3 Å². The third-order valence-electron chi connectivity index (χ3n) is 3.71. The first-order valence-electron chi connectivity index (χ1n) is 6.94. The van der Waals surface area contributed by atoms with E-state index in [2.05, 4.69) is 9.78 Å². The Hall–Kier alpha value is -1.68. The lowest BCUT2D eigenvalue weighted by Gasteiger charge is -2.10. The van der Waals surface area contributed by atoms with E-state index in [0.717, 1.165) is 5.69 Å². The van der Waals surface area contributed by atoms with E-state index in [1.807, 2.05) is 12.3 Å². The van der Waals surface area contributed by atoms with Gasteiger partial charge in [0, 0.05) is 17.3 Å². The number of anilines is 1. The van der Waals surface area contributed by atoms with Crippen LogP contribution in [0.5, 0.6) is 5.75 Å². The number of halogens is 1. The highest BCUT2D eigenvalue weighted by Crippen LogP contribution is 2.29. The van der Waals surface area contributed by atoms with Crippen LogP contribution in [-0.4, -0.2) is 9.78 Å². The monoisotopic (exact) mass is 291 g/mol. The topological polar surface area (TPSA) is 53.1 Å². The third-order valence-corrected chi connectivity index (χ3v) is 3.95. The lowest BCUT2D eigenvalue weighted by atomic mass is 10.3. The SMILES string of the molecule is Nc1ccc(Cl)cc1OCc1ccn(C2CCCC2)n1. The van der Waals surface area contributed by atoms with Crippen LogP contribution in [0.3, 0.4) is 0 Å². The summed E-state index contributed by atoms with van der Waals surface area (Å²) in [5, 5.41) is 5.19. The fraction of sp³-hybridized carbons (Fsp3) is 0.400. The van der Waals surface area contributed by atoms with Crippen molar-refractivity contribution in [2.45, 2.75) is 38.3 Å². The van der Waals surface area contributed by atoms with Crippen molar-refractivity contribution in [2.75, 3.05) is 5.73 Å². The number of nitrogens with zero attached hydrogens (tertiary/aromatic N) is 2. The van der Waals surface area contributed by atoms with E-state index < -0.39 is 0 Å². The number of benzene rings is 1. The summed E-state index contributed by atoms with van der Waals surface area (Å²) in [5.74, 6) is 0.605. The first-order chi connectivity index (χ1) is 9.72. The normalized spacial score (nSPS) is 15.7. The fourth-order valence-corrected chi connectivity index (χ4v) is 2.77. The molecule has 2 aromatic rings. The molecule has 0 unspecified atom stereocenters. The molecule has 0 amide bonds. The van der Waals surface area contributed by atoms with Gasteiger partial charge in [-0.25, -0.2) is 0 Å². The largest absolute Gasteiger partial charge is 0.485 e. The molecule has 0 bridgehead atoms. The number of aromatic nitrogens is 2. The van der Waals surface area contributed by atoms with Gasteiger partial charge in [0.1, 0.15) is 12.4 Å². The number of nitrogen functional groups attached to an aromatic ring is 1. The smallest absolute Gasteiger partial charge is 0.144 e. The zero-order valence-electron chi connectivity index (χ0n) is 11.3. The molecule has 0 atom stereocenters. The highest BCUT2D eigenvalue weighted by molar-refractivity contribution is 6.30. The van der Waals surface area contributed by atoms with Crippen molar-refractivity contribution < 1.29 is 4.74 Å². The maximum absolute atomic E-state index is 5.93. The van der Waals surface area contributed by atoms with Crippen LogP contribution >= 0.6 is 11.6 Å². The van der Waals surface area contributed by atoms with Crippen LogP contribution in [0.1, 0.15) is 37.4 Å². The van der Waals surface area contributed by atoms with Gasteiger partial charge in [0.15, 0.2) is 0 Å². The van der Waals surface area contributed by atoms with Gasteiger partial charge in [0.2, 0.25) is 0 Å². The van der Waals surface area contributed by atoms with Crippen molar-refractivity contribution in [3.05, 3.63) is 41.2 Å². The molecule has 1 aliphatic rings. The second kappa shape index (κ2) is 5.75. The summed E-state index contributed by atoms with van der Waals surface area (Å²) in [6.45, 7) is 0.407. The number of hydrogen-bond acceptors (Lipinski definition) is 3. The minimum Gasteiger partial charge on any atom is -0.485 e. The lowest BCUT2D eigenvalue weighted by Crippen LogP contribution is -2.06. The summed E-state index contributed by atoms with van der Waals surface area (Å²) in [5.41, 5.74) is 7.35. The maximum Gasteiger partial charge on any atom is 0.144 e.